The lowest BCUT2D eigenvalue weighted by Gasteiger charge is -2.42. The van der Waals surface area contributed by atoms with Crippen LogP contribution >= 0.6 is 31.9 Å². The molecule has 0 bridgehead atoms. The van der Waals surface area contributed by atoms with E-state index in [1.807, 2.05) is 12.1 Å². The van der Waals surface area contributed by atoms with Gasteiger partial charge in [-0.05, 0) is 89.2 Å². The van der Waals surface area contributed by atoms with Crippen LogP contribution in [-0.2, 0) is 0 Å². The first-order valence-electron chi connectivity index (χ1n) is 7.53. The molecule has 1 aliphatic carbocycles. The zero-order chi connectivity index (χ0) is 15.3. The first-order valence-corrected chi connectivity index (χ1v) is 9.11. The molecule has 0 heterocycles. The average molecular weight is 421 g/mol. The standard InChI is InChI=1S/C16H23Br2NO2/c1-3-8-19-9-7-16(5-4-6-16)21-15-11-12(17)14(20-2)10-13(15)18/h10-11,19H,3-9H2,1-2H3. The molecular formula is C16H23Br2NO2. The molecule has 0 radical (unpaired) electrons. The van der Waals surface area contributed by atoms with E-state index in [4.69, 9.17) is 9.47 Å². The molecule has 1 N–H and O–H groups in total. The van der Waals surface area contributed by atoms with Gasteiger partial charge >= 0.3 is 0 Å². The zero-order valence-corrected chi connectivity index (χ0v) is 15.8. The topological polar surface area (TPSA) is 30.5 Å². The Bertz CT molecular complexity index is 476. The Balaban J connectivity index is 2.03. The maximum atomic E-state index is 6.36. The molecular weight excluding hydrogens is 398 g/mol. The predicted octanol–water partition coefficient (Wildman–Crippen LogP) is 4.91. The summed E-state index contributed by atoms with van der Waals surface area (Å²) in [6.45, 7) is 4.28. The second kappa shape index (κ2) is 7.84. The SMILES string of the molecule is CCCNCCC1(Oc2cc(Br)c(OC)cc2Br)CCC1. The van der Waals surface area contributed by atoms with Gasteiger partial charge in [0.1, 0.15) is 17.1 Å². The Kier molecular flexibility index (Phi) is 6.38. The van der Waals surface area contributed by atoms with Crippen LogP contribution in [0, 0.1) is 0 Å². The van der Waals surface area contributed by atoms with Crippen molar-refractivity contribution in [3.8, 4) is 11.5 Å². The third-order valence-corrected chi connectivity index (χ3v) is 5.22. The van der Waals surface area contributed by atoms with E-state index in [0.717, 1.165) is 52.8 Å². The molecule has 5 heteroatoms. The highest BCUT2D eigenvalue weighted by Crippen LogP contribution is 2.43. The molecule has 0 atom stereocenters. The van der Waals surface area contributed by atoms with Gasteiger partial charge in [-0.25, -0.2) is 0 Å². The van der Waals surface area contributed by atoms with Crippen LogP contribution in [0.15, 0.2) is 21.1 Å². The zero-order valence-electron chi connectivity index (χ0n) is 12.7. The Morgan fingerprint density at radius 1 is 1.14 bits per heavy atom. The van der Waals surface area contributed by atoms with Crippen molar-refractivity contribution >= 4 is 31.9 Å². The van der Waals surface area contributed by atoms with Gasteiger partial charge in [0.05, 0.1) is 16.1 Å². The summed E-state index contributed by atoms with van der Waals surface area (Å²) in [4.78, 5) is 0. The minimum atomic E-state index is -0.00269. The van der Waals surface area contributed by atoms with Crippen molar-refractivity contribution < 1.29 is 9.47 Å². The van der Waals surface area contributed by atoms with Gasteiger partial charge in [0.25, 0.3) is 0 Å². The van der Waals surface area contributed by atoms with Crippen molar-refractivity contribution in [3.05, 3.63) is 21.1 Å². The largest absolute Gasteiger partial charge is 0.496 e. The fourth-order valence-electron chi connectivity index (χ4n) is 2.57. The van der Waals surface area contributed by atoms with Crippen LogP contribution in [0.3, 0.4) is 0 Å². The van der Waals surface area contributed by atoms with Crippen LogP contribution in [0.25, 0.3) is 0 Å². The van der Waals surface area contributed by atoms with Crippen LogP contribution < -0.4 is 14.8 Å². The summed E-state index contributed by atoms with van der Waals surface area (Å²) in [5.74, 6) is 1.69. The van der Waals surface area contributed by atoms with E-state index in [1.54, 1.807) is 7.11 Å². The van der Waals surface area contributed by atoms with Crippen molar-refractivity contribution in [2.75, 3.05) is 20.2 Å². The summed E-state index contributed by atoms with van der Waals surface area (Å²) in [5, 5.41) is 3.47. The van der Waals surface area contributed by atoms with Crippen LogP contribution in [0.1, 0.15) is 39.0 Å². The van der Waals surface area contributed by atoms with Crippen molar-refractivity contribution in [3.63, 3.8) is 0 Å². The monoisotopic (exact) mass is 419 g/mol. The van der Waals surface area contributed by atoms with Crippen LogP contribution in [-0.4, -0.2) is 25.8 Å². The predicted molar refractivity (Wildman–Crippen MR) is 93.4 cm³/mol. The number of hydrogen-bond acceptors (Lipinski definition) is 3. The molecule has 0 amide bonds. The number of nitrogens with one attached hydrogen (secondary N) is 1. The molecule has 118 valence electrons. The second-order valence-corrected chi connectivity index (χ2v) is 7.26. The summed E-state index contributed by atoms with van der Waals surface area (Å²) in [6.07, 6.45) is 5.75. The van der Waals surface area contributed by atoms with Crippen LogP contribution in [0.4, 0.5) is 0 Å². The van der Waals surface area contributed by atoms with E-state index < -0.39 is 0 Å². The van der Waals surface area contributed by atoms with Gasteiger partial charge in [-0.1, -0.05) is 6.92 Å². The Labute approximate surface area is 144 Å². The molecule has 21 heavy (non-hydrogen) atoms. The van der Waals surface area contributed by atoms with Crippen molar-refractivity contribution in [1.29, 1.82) is 0 Å². The quantitative estimate of drug-likeness (QED) is 0.606. The van der Waals surface area contributed by atoms with Gasteiger partial charge in [0, 0.05) is 0 Å². The Morgan fingerprint density at radius 3 is 2.38 bits per heavy atom. The van der Waals surface area contributed by atoms with Gasteiger partial charge in [0.15, 0.2) is 0 Å². The lowest BCUT2D eigenvalue weighted by molar-refractivity contribution is -0.0148. The molecule has 1 aromatic carbocycles. The second-order valence-electron chi connectivity index (χ2n) is 5.56. The van der Waals surface area contributed by atoms with Crippen molar-refractivity contribution in [2.45, 2.75) is 44.6 Å². The molecule has 1 fully saturated rings. The number of methoxy groups -OCH3 is 1. The van der Waals surface area contributed by atoms with E-state index >= 15 is 0 Å². The number of hydrogen-bond donors (Lipinski definition) is 1. The molecule has 1 aliphatic rings. The van der Waals surface area contributed by atoms with Gasteiger partial charge in [-0.15, -0.1) is 0 Å². The minimum absolute atomic E-state index is 0.00269. The maximum Gasteiger partial charge on any atom is 0.135 e. The van der Waals surface area contributed by atoms with Gasteiger partial charge in [-0.3, -0.25) is 0 Å². The molecule has 0 spiro atoms. The Hall–Kier alpha value is -0.260. The highest BCUT2D eigenvalue weighted by atomic mass is 79.9. The molecule has 0 aromatic heterocycles. The Morgan fingerprint density at radius 2 is 1.81 bits per heavy atom. The summed E-state index contributed by atoms with van der Waals surface area (Å²) >= 11 is 7.10. The highest BCUT2D eigenvalue weighted by molar-refractivity contribution is 9.11. The normalized spacial score (nSPS) is 16.4. The number of halogens is 2. The van der Waals surface area contributed by atoms with E-state index in [0.29, 0.717) is 0 Å². The molecule has 0 aliphatic heterocycles. The van der Waals surface area contributed by atoms with Gasteiger partial charge < -0.3 is 14.8 Å². The van der Waals surface area contributed by atoms with E-state index in [1.165, 1.54) is 12.8 Å². The third kappa shape index (κ3) is 4.36. The highest BCUT2D eigenvalue weighted by Gasteiger charge is 2.39. The molecule has 0 saturated heterocycles. The summed E-state index contributed by atoms with van der Waals surface area (Å²) in [6, 6.07) is 3.93. The number of ether oxygens (including phenoxy) is 2. The first kappa shape index (κ1) is 17.1. The molecule has 3 nitrogen and oxygen atoms in total. The summed E-state index contributed by atoms with van der Waals surface area (Å²) < 4.78 is 13.5. The lowest BCUT2D eigenvalue weighted by Crippen LogP contribution is -2.45. The smallest absolute Gasteiger partial charge is 0.135 e. The van der Waals surface area contributed by atoms with Crippen LogP contribution in [0.2, 0.25) is 0 Å². The maximum absolute atomic E-state index is 6.36. The molecule has 0 unspecified atom stereocenters. The molecule has 1 aromatic rings. The molecule has 1 saturated carbocycles. The van der Waals surface area contributed by atoms with Crippen molar-refractivity contribution in [2.24, 2.45) is 0 Å². The van der Waals surface area contributed by atoms with E-state index in [9.17, 15) is 0 Å². The minimum Gasteiger partial charge on any atom is -0.496 e. The number of benzene rings is 1. The summed E-state index contributed by atoms with van der Waals surface area (Å²) in [5.41, 5.74) is -0.00269. The van der Waals surface area contributed by atoms with Gasteiger partial charge in [-0.2, -0.15) is 0 Å². The average Bonchev–Trinajstić information content (AvgIpc) is 2.43. The number of rotatable bonds is 8. The molecule has 2 rings (SSSR count). The lowest BCUT2D eigenvalue weighted by atomic mass is 9.77. The van der Waals surface area contributed by atoms with Gasteiger partial charge in [0.2, 0.25) is 0 Å². The van der Waals surface area contributed by atoms with Crippen LogP contribution in [0.5, 0.6) is 11.5 Å². The van der Waals surface area contributed by atoms with E-state index in [-0.39, 0.29) is 5.60 Å². The fourth-order valence-corrected chi connectivity index (χ4v) is 3.46. The first-order chi connectivity index (χ1) is 10.1. The fraction of sp³-hybridized carbons (Fsp3) is 0.625. The summed E-state index contributed by atoms with van der Waals surface area (Å²) in [7, 11) is 1.67. The van der Waals surface area contributed by atoms with Crippen molar-refractivity contribution in [1.82, 2.24) is 5.32 Å². The third-order valence-electron chi connectivity index (χ3n) is 3.98. The van der Waals surface area contributed by atoms with E-state index in [2.05, 4.69) is 44.1 Å².